The second-order valence-electron chi connectivity index (χ2n) is 5.40. The van der Waals surface area contributed by atoms with Crippen LogP contribution in [0.4, 0.5) is 0 Å². The van der Waals surface area contributed by atoms with Crippen molar-refractivity contribution in [1.29, 1.82) is 0 Å². The van der Waals surface area contributed by atoms with Crippen molar-refractivity contribution in [3.8, 4) is 11.5 Å². The number of thioether (sulfide) groups is 1. The van der Waals surface area contributed by atoms with Crippen LogP contribution in [0.5, 0.6) is 0 Å². The van der Waals surface area contributed by atoms with E-state index in [-0.39, 0.29) is 0 Å². The summed E-state index contributed by atoms with van der Waals surface area (Å²) in [5, 5.41) is 9.98. The van der Waals surface area contributed by atoms with Gasteiger partial charge in [-0.3, -0.25) is 0 Å². The summed E-state index contributed by atoms with van der Waals surface area (Å²) in [5.74, 6) is 0.900. The second-order valence-corrected chi connectivity index (χ2v) is 7.68. The summed E-state index contributed by atoms with van der Waals surface area (Å²) in [6, 6.07) is 14.3. The average Bonchev–Trinajstić information content (AvgIpc) is 3.08. The maximum Gasteiger partial charge on any atom is 0.336 e. The molecule has 0 aliphatic heterocycles. The number of hydrogen-bond acceptors (Lipinski definition) is 6. The van der Waals surface area contributed by atoms with Gasteiger partial charge >= 0.3 is 5.63 Å². The van der Waals surface area contributed by atoms with Crippen LogP contribution in [0.25, 0.3) is 22.4 Å². The number of nitrogens with zero attached hydrogens (tertiary/aromatic N) is 2. The lowest BCUT2D eigenvalue weighted by atomic mass is 10.1. The molecule has 8 heteroatoms. The van der Waals surface area contributed by atoms with E-state index >= 15 is 0 Å². The topological polar surface area (TPSA) is 69.1 Å². The van der Waals surface area contributed by atoms with Gasteiger partial charge in [-0.15, -0.1) is 10.2 Å². The standard InChI is InChI=1S/C18H10BrClN2O3S/c19-12-4-5-14-11(7-16(23)24-15(14)8-12)9-26-18-22-21-17(25-18)10-2-1-3-13(20)6-10/h1-8H,9H2. The average molecular weight is 450 g/mol. The van der Waals surface area contributed by atoms with Crippen LogP contribution < -0.4 is 5.63 Å². The van der Waals surface area contributed by atoms with Crippen LogP contribution in [0.3, 0.4) is 0 Å². The summed E-state index contributed by atoms with van der Waals surface area (Å²) in [6.45, 7) is 0. The Hall–Kier alpha value is -2.09. The Morgan fingerprint density at radius 3 is 2.81 bits per heavy atom. The zero-order chi connectivity index (χ0) is 18.1. The van der Waals surface area contributed by atoms with Crippen molar-refractivity contribution < 1.29 is 8.83 Å². The van der Waals surface area contributed by atoms with Crippen molar-refractivity contribution in [2.75, 3.05) is 0 Å². The number of hydrogen-bond donors (Lipinski definition) is 0. The molecule has 0 amide bonds. The van der Waals surface area contributed by atoms with E-state index in [2.05, 4.69) is 26.1 Å². The fraction of sp³-hybridized carbons (Fsp3) is 0.0556. The zero-order valence-electron chi connectivity index (χ0n) is 13.1. The van der Waals surface area contributed by atoms with Gasteiger partial charge in [0.25, 0.3) is 5.22 Å². The molecule has 0 radical (unpaired) electrons. The van der Waals surface area contributed by atoms with Crippen molar-refractivity contribution >= 4 is 50.3 Å². The number of aromatic nitrogens is 2. The van der Waals surface area contributed by atoms with Gasteiger partial charge in [0.2, 0.25) is 5.89 Å². The highest BCUT2D eigenvalue weighted by Gasteiger charge is 2.12. The first-order valence-corrected chi connectivity index (χ1v) is 9.69. The molecule has 4 rings (SSSR count). The number of benzene rings is 2. The molecule has 4 aromatic rings. The second kappa shape index (κ2) is 7.26. The largest absolute Gasteiger partial charge is 0.423 e. The molecule has 0 unspecified atom stereocenters. The van der Waals surface area contributed by atoms with E-state index in [9.17, 15) is 4.79 Å². The fourth-order valence-electron chi connectivity index (χ4n) is 2.47. The minimum Gasteiger partial charge on any atom is -0.423 e. The number of fused-ring (bicyclic) bond motifs is 1. The van der Waals surface area contributed by atoms with Gasteiger partial charge in [0.05, 0.1) is 0 Å². The van der Waals surface area contributed by atoms with Gasteiger partial charge in [-0.05, 0) is 42.0 Å². The third-order valence-corrected chi connectivity index (χ3v) is 5.22. The Morgan fingerprint density at radius 2 is 1.96 bits per heavy atom. The summed E-state index contributed by atoms with van der Waals surface area (Å²) in [6.07, 6.45) is 0. The first-order valence-electron chi connectivity index (χ1n) is 7.53. The summed E-state index contributed by atoms with van der Waals surface area (Å²) in [5.41, 5.74) is 1.74. The van der Waals surface area contributed by atoms with Gasteiger partial charge in [-0.1, -0.05) is 45.4 Å². The van der Waals surface area contributed by atoms with Gasteiger partial charge < -0.3 is 8.83 Å². The van der Waals surface area contributed by atoms with Crippen molar-refractivity contribution in [3.05, 3.63) is 74.0 Å². The van der Waals surface area contributed by atoms with Gasteiger partial charge in [-0.2, -0.15) is 0 Å². The van der Waals surface area contributed by atoms with E-state index in [4.69, 9.17) is 20.4 Å². The maximum absolute atomic E-state index is 11.8. The summed E-state index contributed by atoms with van der Waals surface area (Å²) in [4.78, 5) is 11.8. The monoisotopic (exact) mass is 448 g/mol. The third kappa shape index (κ3) is 3.70. The quantitative estimate of drug-likeness (QED) is 0.300. The van der Waals surface area contributed by atoms with Gasteiger partial charge in [0.15, 0.2) is 0 Å². The molecule has 0 spiro atoms. The molecule has 0 saturated carbocycles. The Kier molecular flexibility index (Phi) is 4.84. The molecule has 130 valence electrons. The van der Waals surface area contributed by atoms with Gasteiger partial charge in [0, 0.05) is 32.3 Å². The molecule has 2 aromatic carbocycles. The van der Waals surface area contributed by atoms with Crippen LogP contribution in [0, 0.1) is 0 Å². The van der Waals surface area contributed by atoms with Crippen LogP contribution in [-0.4, -0.2) is 10.2 Å². The van der Waals surface area contributed by atoms with E-state index in [0.29, 0.717) is 27.5 Å². The molecule has 26 heavy (non-hydrogen) atoms. The van der Waals surface area contributed by atoms with Gasteiger partial charge in [-0.25, -0.2) is 4.79 Å². The Labute approximate surface area is 165 Å². The lowest BCUT2D eigenvalue weighted by molar-refractivity contribution is 0.466. The van der Waals surface area contributed by atoms with Crippen molar-refractivity contribution in [2.24, 2.45) is 0 Å². The molecule has 0 N–H and O–H groups in total. The van der Waals surface area contributed by atoms with Crippen molar-refractivity contribution in [3.63, 3.8) is 0 Å². The summed E-state index contributed by atoms with van der Waals surface area (Å²) < 4.78 is 11.8. The van der Waals surface area contributed by atoms with Crippen LogP contribution >= 0.6 is 39.3 Å². The van der Waals surface area contributed by atoms with Crippen LogP contribution in [0.1, 0.15) is 5.56 Å². The molecule has 0 aliphatic carbocycles. The van der Waals surface area contributed by atoms with Crippen LogP contribution in [0.2, 0.25) is 5.02 Å². The van der Waals surface area contributed by atoms with Crippen molar-refractivity contribution in [2.45, 2.75) is 11.0 Å². The minimum atomic E-state index is -0.392. The molecular weight excluding hydrogens is 440 g/mol. The number of rotatable bonds is 4. The highest BCUT2D eigenvalue weighted by molar-refractivity contribution is 9.10. The van der Waals surface area contributed by atoms with E-state index in [1.54, 1.807) is 18.2 Å². The molecular formula is C18H10BrClN2O3S. The predicted molar refractivity (Wildman–Crippen MR) is 104 cm³/mol. The summed E-state index contributed by atoms with van der Waals surface area (Å²) >= 11 is 10.7. The van der Waals surface area contributed by atoms with Crippen LogP contribution in [0.15, 0.2) is 71.9 Å². The predicted octanol–water partition coefficient (Wildman–Crippen LogP) is 5.55. The molecule has 2 aromatic heterocycles. The van der Waals surface area contributed by atoms with Crippen molar-refractivity contribution in [1.82, 2.24) is 10.2 Å². The molecule has 5 nitrogen and oxygen atoms in total. The molecule has 0 saturated heterocycles. The fourth-order valence-corrected chi connectivity index (χ4v) is 3.75. The normalized spacial score (nSPS) is 11.2. The molecule has 0 fully saturated rings. The van der Waals surface area contributed by atoms with E-state index in [1.165, 1.54) is 17.8 Å². The Bertz CT molecular complexity index is 1160. The Balaban J connectivity index is 1.58. The van der Waals surface area contributed by atoms with E-state index < -0.39 is 5.63 Å². The molecule has 0 atom stereocenters. The smallest absolute Gasteiger partial charge is 0.336 e. The molecule has 0 bridgehead atoms. The molecule has 2 heterocycles. The number of halogens is 2. The Morgan fingerprint density at radius 1 is 1.08 bits per heavy atom. The van der Waals surface area contributed by atoms with E-state index in [0.717, 1.165) is 21.0 Å². The lowest BCUT2D eigenvalue weighted by Crippen LogP contribution is -1.99. The SMILES string of the molecule is O=c1cc(CSc2nnc(-c3cccc(Cl)c3)o2)c2ccc(Br)cc2o1. The maximum atomic E-state index is 11.8. The zero-order valence-corrected chi connectivity index (χ0v) is 16.3. The first-order chi connectivity index (χ1) is 12.6. The highest BCUT2D eigenvalue weighted by atomic mass is 79.9. The molecule has 0 aliphatic rings. The van der Waals surface area contributed by atoms with Crippen LogP contribution in [-0.2, 0) is 5.75 Å². The highest BCUT2D eigenvalue weighted by Crippen LogP contribution is 2.29. The summed E-state index contributed by atoms with van der Waals surface area (Å²) in [7, 11) is 0. The minimum absolute atomic E-state index is 0.392. The third-order valence-electron chi connectivity index (χ3n) is 3.62. The lowest BCUT2D eigenvalue weighted by Gasteiger charge is -2.04. The van der Waals surface area contributed by atoms with E-state index in [1.807, 2.05) is 24.3 Å². The first kappa shape index (κ1) is 17.3. The van der Waals surface area contributed by atoms with Gasteiger partial charge in [0.1, 0.15) is 5.58 Å².